The molecular formula is C17H20N2O2. The fraction of sp³-hybridized carbons (Fsp3) is 0.412. The Kier molecular flexibility index (Phi) is 3.78. The van der Waals surface area contributed by atoms with Crippen LogP contribution in [0.5, 0.6) is 0 Å². The SMILES string of the molecule is Cc1nc2ccccc2c(NC2CCCC2)c1CC(=O)O. The van der Waals surface area contributed by atoms with Gasteiger partial charge in [0.15, 0.2) is 0 Å². The summed E-state index contributed by atoms with van der Waals surface area (Å²) in [5.41, 5.74) is 3.50. The van der Waals surface area contributed by atoms with Crippen LogP contribution in [0.2, 0.25) is 0 Å². The lowest BCUT2D eigenvalue weighted by molar-refractivity contribution is -0.136. The minimum atomic E-state index is -0.815. The lowest BCUT2D eigenvalue weighted by Crippen LogP contribution is -2.18. The Bertz CT molecular complexity index is 676. The van der Waals surface area contributed by atoms with Crippen molar-refractivity contribution in [3.05, 3.63) is 35.5 Å². The van der Waals surface area contributed by atoms with Crippen molar-refractivity contribution in [1.29, 1.82) is 0 Å². The van der Waals surface area contributed by atoms with E-state index in [9.17, 15) is 9.90 Å². The molecule has 0 amide bonds. The van der Waals surface area contributed by atoms with Crippen molar-refractivity contribution in [1.82, 2.24) is 4.98 Å². The van der Waals surface area contributed by atoms with E-state index in [0.717, 1.165) is 40.7 Å². The molecule has 1 heterocycles. The molecule has 0 aliphatic heterocycles. The van der Waals surface area contributed by atoms with E-state index in [0.29, 0.717) is 6.04 Å². The molecule has 0 atom stereocenters. The van der Waals surface area contributed by atoms with E-state index in [1.807, 2.05) is 31.2 Å². The molecule has 4 heteroatoms. The van der Waals surface area contributed by atoms with Crippen molar-refractivity contribution in [2.24, 2.45) is 0 Å². The highest BCUT2D eigenvalue weighted by Gasteiger charge is 2.20. The molecule has 3 rings (SSSR count). The van der Waals surface area contributed by atoms with Crippen molar-refractivity contribution >= 4 is 22.6 Å². The molecule has 21 heavy (non-hydrogen) atoms. The van der Waals surface area contributed by atoms with Crippen LogP contribution in [0.3, 0.4) is 0 Å². The lowest BCUT2D eigenvalue weighted by atomic mass is 10.0. The quantitative estimate of drug-likeness (QED) is 0.901. The minimum absolute atomic E-state index is 0.0126. The molecule has 0 saturated heterocycles. The molecule has 0 radical (unpaired) electrons. The number of aromatic nitrogens is 1. The maximum atomic E-state index is 11.2. The van der Waals surface area contributed by atoms with E-state index in [1.165, 1.54) is 12.8 Å². The van der Waals surface area contributed by atoms with Crippen molar-refractivity contribution in [2.75, 3.05) is 5.32 Å². The smallest absolute Gasteiger partial charge is 0.307 e. The minimum Gasteiger partial charge on any atom is -0.481 e. The molecule has 1 aromatic heterocycles. The van der Waals surface area contributed by atoms with Crippen LogP contribution in [-0.2, 0) is 11.2 Å². The molecule has 0 spiro atoms. The van der Waals surface area contributed by atoms with Crippen molar-refractivity contribution in [2.45, 2.75) is 45.1 Å². The van der Waals surface area contributed by atoms with Gasteiger partial charge < -0.3 is 10.4 Å². The second-order valence-corrected chi connectivity index (χ2v) is 5.76. The van der Waals surface area contributed by atoms with Crippen LogP contribution in [0.25, 0.3) is 10.9 Å². The van der Waals surface area contributed by atoms with Gasteiger partial charge in [0.05, 0.1) is 11.9 Å². The molecule has 1 aliphatic carbocycles. The average Bonchev–Trinajstić information content (AvgIpc) is 2.95. The molecule has 110 valence electrons. The average molecular weight is 284 g/mol. The number of hydrogen-bond donors (Lipinski definition) is 2. The van der Waals surface area contributed by atoms with E-state index in [2.05, 4.69) is 10.3 Å². The van der Waals surface area contributed by atoms with Gasteiger partial charge in [0.25, 0.3) is 0 Å². The van der Waals surface area contributed by atoms with Gasteiger partial charge in [0.1, 0.15) is 0 Å². The van der Waals surface area contributed by atoms with Gasteiger partial charge in [-0.1, -0.05) is 31.0 Å². The summed E-state index contributed by atoms with van der Waals surface area (Å²) < 4.78 is 0. The normalized spacial score (nSPS) is 15.5. The first-order valence-corrected chi connectivity index (χ1v) is 7.51. The first-order chi connectivity index (χ1) is 10.1. The van der Waals surface area contributed by atoms with Crippen LogP contribution >= 0.6 is 0 Å². The highest BCUT2D eigenvalue weighted by molar-refractivity contribution is 5.95. The molecule has 2 aromatic rings. The zero-order chi connectivity index (χ0) is 14.8. The molecule has 1 saturated carbocycles. The number of pyridine rings is 1. The van der Waals surface area contributed by atoms with E-state index in [1.54, 1.807) is 0 Å². The Morgan fingerprint density at radius 1 is 1.33 bits per heavy atom. The third-order valence-electron chi connectivity index (χ3n) is 4.23. The molecule has 1 fully saturated rings. The fourth-order valence-electron chi connectivity index (χ4n) is 3.18. The summed E-state index contributed by atoms with van der Waals surface area (Å²) in [6.07, 6.45) is 4.81. The number of nitrogens with one attached hydrogen (secondary N) is 1. The Morgan fingerprint density at radius 3 is 2.76 bits per heavy atom. The van der Waals surface area contributed by atoms with Crippen molar-refractivity contribution in [3.8, 4) is 0 Å². The van der Waals surface area contributed by atoms with Gasteiger partial charge in [0, 0.05) is 28.4 Å². The van der Waals surface area contributed by atoms with Gasteiger partial charge in [0.2, 0.25) is 0 Å². The maximum absolute atomic E-state index is 11.2. The highest BCUT2D eigenvalue weighted by atomic mass is 16.4. The first kappa shape index (κ1) is 13.9. The topological polar surface area (TPSA) is 62.2 Å². The summed E-state index contributed by atoms with van der Waals surface area (Å²) >= 11 is 0. The second-order valence-electron chi connectivity index (χ2n) is 5.76. The Balaban J connectivity index is 2.12. The van der Waals surface area contributed by atoms with Crippen LogP contribution in [0.1, 0.15) is 36.9 Å². The number of fused-ring (bicyclic) bond motifs is 1. The van der Waals surface area contributed by atoms with Gasteiger partial charge in [-0.25, -0.2) is 0 Å². The summed E-state index contributed by atoms with van der Waals surface area (Å²) in [6, 6.07) is 8.38. The Hall–Kier alpha value is -2.10. The van der Waals surface area contributed by atoms with Crippen LogP contribution < -0.4 is 5.32 Å². The molecule has 0 bridgehead atoms. The molecule has 0 unspecified atom stereocenters. The molecule has 1 aliphatic rings. The van der Waals surface area contributed by atoms with Gasteiger partial charge >= 0.3 is 5.97 Å². The van der Waals surface area contributed by atoms with E-state index in [-0.39, 0.29) is 6.42 Å². The highest BCUT2D eigenvalue weighted by Crippen LogP contribution is 2.32. The largest absolute Gasteiger partial charge is 0.481 e. The predicted octanol–water partition coefficient (Wildman–Crippen LogP) is 3.52. The number of aliphatic carboxylic acids is 1. The maximum Gasteiger partial charge on any atom is 0.307 e. The molecule has 1 aromatic carbocycles. The van der Waals surface area contributed by atoms with Crippen molar-refractivity contribution < 1.29 is 9.90 Å². The van der Waals surface area contributed by atoms with Gasteiger partial charge in [-0.05, 0) is 25.8 Å². The van der Waals surface area contributed by atoms with Crippen LogP contribution in [0, 0.1) is 6.92 Å². The van der Waals surface area contributed by atoms with Crippen molar-refractivity contribution in [3.63, 3.8) is 0 Å². The first-order valence-electron chi connectivity index (χ1n) is 7.51. The molecule has 4 nitrogen and oxygen atoms in total. The summed E-state index contributed by atoms with van der Waals surface area (Å²) in [6.45, 7) is 1.89. The number of nitrogens with zero attached hydrogens (tertiary/aromatic N) is 1. The monoisotopic (exact) mass is 284 g/mol. The number of carbonyl (C=O) groups is 1. The number of carboxylic acids is 1. The third-order valence-corrected chi connectivity index (χ3v) is 4.23. The van der Waals surface area contributed by atoms with Crippen LogP contribution in [0.15, 0.2) is 24.3 Å². The molecule has 2 N–H and O–H groups in total. The number of aryl methyl sites for hydroxylation is 1. The predicted molar refractivity (Wildman–Crippen MR) is 83.7 cm³/mol. The van der Waals surface area contributed by atoms with Gasteiger partial charge in [-0.15, -0.1) is 0 Å². The van der Waals surface area contributed by atoms with Crippen LogP contribution in [0.4, 0.5) is 5.69 Å². The number of rotatable bonds is 4. The Morgan fingerprint density at radius 2 is 2.05 bits per heavy atom. The number of para-hydroxylation sites is 1. The standard InChI is InChI=1S/C17H20N2O2/c1-11-14(10-16(20)21)17(19-12-6-2-3-7-12)13-8-4-5-9-15(13)18-11/h4-5,8-9,12H,2-3,6-7,10H2,1H3,(H,18,19)(H,20,21). The Labute approximate surface area is 124 Å². The number of benzene rings is 1. The third kappa shape index (κ3) is 2.84. The van der Waals surface area contributed by atoms with Gasteiger partial charge in [-0.2, -0.15) is 0 Å². The zero-order valence-electron chi connectivity index (χ0n) is 12.2. The van der Waals surface area contributed by atoms with E-state index < -0.39 is 5.97 Å². The summed E-state index contributed by atoms with van der Waals surface area (Å²) in [5, 5.41) is 13.8. The number of carboxylic acid groups (broad SMARTS) is 1. The zero-order valence-corrected chi connectivity index (χ0v) is 12.2. The van der Waals surface area contributed by atoms with E-state index >= 15 is 0 Å². The van der Waals surface area contributed by atoms with Crippen LogP contribution in [-0.4, -0.2) is 22.1 Å². The summed E-state index contributed by atoms with van der Waals surface area (Å²) in [5.74, 6) is -0.815. The van der Waals surface area contributed by atoms with Gasteiger partial charge in [-0.3, -0.25) is 9.78 Å². The number of anilines is 1. The number of hydrogen-bond acceptors (Lipinski definition) is 3. The molecular weight excluding hydrogens is 264 g/mol. The lowest BCUT2D eigenvalue weighted by Gasteiger charge is -2.20. The fourth-order valence-corrected chi connectivity index (χ4v) is 3.18. The summed E-state index contributed by atoms with van der Waals surface area (Å²) in [7, 11) is 0. The summed E-state index contributed by atoms with van der Waals surface area (Å²) in [4.78, 5) is 15.8. The van der Waals surface area contributed by atoms with E-state index in [4.69, 9.17) is 0 Å². The second kappa shape index (κ2) is 5.72.